The smallest absolute Gasteiger partial charge is 0.374 e. The minimum atomic E-state index is -1.86. The predicted molar refractivity (Wildman–Crippen MR) is 64.1 cm³/mol. The molecule has 1 atom stereocenters. The number of hydrogen-bond donors (Lipinski definition) is 1. The number of benzene rings is 1. The van der Waals surface area contributed by atoms with E-state index in [1.54, 1.807) is 30.3 Å². The molecule has 1 unspecified atom stereocenters. The third kappa shape index (κ3) is 2.25. The zero-order chi connectivity index (χ0) is 13.0. The van der Waals surface area contributed by atoms with Crippen LogP contribution in [-0.4, -0.2) is 11.1 Å². The lowest BCUT2D eigenvalue weighted by Gasteiger charge is -2.35. The molecular weight excluding hydrogens is 235 g/mol. The van der Waals surface area contributed by atoms with Crippen molar-refractivity contribution in [1.29, 1.82) is 0 Å². The molecule has 1 aromatic carbocycles. The van der Waals surface area contributed by atoms with Crippen LogP contribution in [0, 0.1) is 5.92 Å². The normalized spacial score (nSPS) is 20.1. The Balaban J connectivity index is 2.36. The van der Waals surface area contributed by atoms with Gasteiger partial charge in [0.2, 0.25) is 0 Å². The van der Waals surface area contributed by atoms with E-state index >= 15 is 0 Å². The molecule has 1 aliphatic rings. The van der Waals surface area contributed by atoms with E-state index in [1.165, 1.54) is 0 Å². The summed E-state index contributed by atoms with van der Waals surface area (Å²) in [5.74, 6) is -1.49. The van der Waals surface area contributed by atoms with E-state index in [0.717, 1.165) is 19.3 Å². The van der Waals surface area contributed by atoms with Crippen LogP contribution in [0.2, 0.25) is 0 Å². The molecule has 1 aliphatic carbocycles. The van der Waals surface area contributed by atoms with Crippen LogP contribution in [0.4, 0.5) is 4.53 Å². The summed E-state index contributed by atoms with van der Waals surface area (Å²) in [5.41, 5.74) is -1.46. The van der Waals surface area contributed by atoms with Gasteiger partial charge in [0.15, 0.2) is 5.60 Å². The van der Waals surface area contributed by atoms with Gasteiger partial charge in [0.1, 0.15) is 0 Å². The fraction of sp³-hybridized carbons (Fsp3) is 0.500. The first-order chi connectivity index (χ1) is 8.69. The first-order valence-electron chi connectivity index (χ1n) is 6.30. The summed E-state index contributed by atoms with van der Waals surface area (Å²) in [4.78, 5) is 15.0. The summed E-state index contributed by atoms with van der Waals surface area (Å²) < 4.78 is 12.3. The Labute approximate surface area is 105 Å². The number of carbonyl (C=O) groups is 1. The lowest BCUT2D eigenvalue weighted by molar-refractivity contribution is -0.214. The Morgan fingerprint density at radius 1 is 1.22 bits per heavy atom. The number of rotatable bonds is 3. The Bertz CT molecular complexity index is 401. The maximum atomic E-state index is 12.3. The summed E-state index contributed by atoms with van der Waals surface area (Å²) >= 11 is 0. The number of hydrogen-bond acceptors (Lipinski definition) is 3. The minimum Gasteiger partial charge on any atom is -0.374 e. The van der Waals surface area contributed by atoms with E-state index in [9.17, 15) is 14.4 Å². The van der Waals surface area contributed by atoms with Crippen molar-refractivity contribution in [2.45, 2.75) is 37.7 Å². The van der Waals surface area contributed by atoms with E-state index < -0.39 is 11.6 Å². The fourth-order valence-corrected chi connectivity index (χ4v) is 2.79. The number of aliphatic hydroxyl groups is 1. The third-order valence-electron chi connectivity index (χ3n) is 3.79. The van der Waals surface area contributed by atoms with Crippen LogP contribution >= 0.6 is 0 Å². The predicted octanol–water partition coefficient (Wildman–Crippen LogP) is 2.88. The molecule has 0 bridgehead atoms. The van der Waals surface area contributed by atoms with Crippen molar-refractivity contribution in [3.63, 3.8) is 0 Å². The molecule has 2 rings (SSSR count). The Hall–Kier alpha value is -1.42. The summed E-state index contributed by atoms with van der Waals surface area (Å²) in [6.07, 6.45) is 4.39. The highest BCUT2D eigenvalue weighted by molar-refractivity contribution is 5.81. The van der Waals surface area contributed by atoms with Crippen LogP contribution in [0.3, 0.4) is 0 Å². The maximum Gasteiger partial charge on any atom is 0.384 e. The molecule has 18 heavy (non-hydrogen) atoms. The molecule has 0 aromatic heterocycles. The Kier molecular flexibility index (Phi) is 3.97. The molecule has 0 amide bonds. The van der Waals surface area contributed by atoms with Crippen LogP contribution < -0.4 is 0 Å². The van der Waals surface area contributed by atoms with E-state index in [0.29, 0.717) is 18.4 Å². The van der Waals surface area contributed by atoms with Gasteiger partial charge in [-0.15, -0.1) is 0 Å². The van der Waals surface area contributed by atoms with Crippen molar-refractivity contribution in [2.24, 2.45) is 5.92 Å². The monoisotopic (exact) mass is 252 g/mol. The second-order valence-electron chi connectivity index (χ2n) is 4.83. The molecule has 0 saturated heterocycles. The third-order valence-corrected chi connectivity index (χ3v) is 3.79. The molecule has 0 radical (unpaired) electrons. The average Bonchev–Trinajstić information content (AvgIpc) is 2.47. The minimum absolute atomic E-state index is 0.281. The second-order valence-corrected chi connectivity index (χ2v) is 4.83. The first kappa shape index (κ1) is 13.0. The molecule has 4 heteroatoms. The molecule has 1 N–H and O–H groups in total. The Morgan fingerprint density at radius 3 is 2.39 bits per heavy atom. The highest BCUT2D eigenvalue weighted by atomic mass is 19.3. The van der Waals surface area contributed by atoms with Gasteiger partial charge in [-0.1, -0.05) is 49.6 Å². The molecule has 0 heterocycles. The van der Waals surface area contributed by atoms with E-state index in [2.05, 4.69) is 4.94 Å². The maximum absolute atomic E-state index is 12.3. The van der Waals surface area contributed by atoms with Gasteiger partial charge in [-0.2, -0.15) is 0 Å². The van der Waals surface area contributed by atoms with Crippen LogP contribution in [0.15, 0.2) is 30.3 Å². The highest BCUT2D eigenvalue weighted by Crippen LogP contribution is 2.40. The summed E-state index contributed by atoms with van der Waals surface area (Å²) in [6, 6.07) is 8.48. The van der Waals surface area contributed by atoms with Crippen molar-refractivity contribution < 1.29 is 19.4 Å². The summed E-state index contributed by atoms with van der Waals surface area (Å²) in [6.45, 7) is 0. The van der Waals surface area contributed by atoms with Crippen LogP contribution in [0.1, 0.15) is 37.7 Å². The zero-order valence-corrected chi connectivity index (χ0v) is 10.1. The van der Waals surface area contributed by atoms with Gasteiger partial charge >= 0.3 is 5.97 Å². The van der Waals surface area contributed by atoms with E-state index in [-0.39, 0.29) is 5.92 Å². The fourth-order valence-electron chi connectivity index (χ4n) is 2.79. The van der Waals surface area contributed by atoms with Crippen molar-refractivity contribution in [3.05, 3.63) is 35.9 Å². The van der Waals surface area contributed by atoms with Gasteiger partial charge in [-0.25, -0.2) is 4.79 Å². The zero-order valence-electron chi connectivity index (χ0n) is 10.1. The van der Waals surface area contributed by atoms with Gasteiger partial charge in [-0.05, 0) is 18.4 Å². The lowest BCUT2D eigenvalue weighted by Crippen LogP contribution is -2.44. The average molecular weight is 252 g/mol. The van der Waals surface area contributed by atoms with Crippen molar-refractivity contribution in [2.75, 3.05) is 0 Å². The summed E-state index contributed by atoms with van der Waals surface area (Å²) in [7, 11) is 0. The Morgan fingerprint density at radius 2 is 1.83 bits per heavy atom. The van der Waals surface area contributed by atoms with Crippen LogP contribution in [0.5, 0.6) is 0 Å². The standard InChI is InChI=1S/C14H17FO3/c15-18-13(16)14(17,11-7-3-1-4-8-11)12-9-5-2-6-10-12/h1,3-4,7-8,12,17H,2,5-6,9-10H2. The van der Waals surface area contributed by atoms with Crippen LogP contribution in [-0.2, 0) is 15.3 Å². The molecule has 1 fully saturated rings. The van der Waals surface area contributed by atoms with Crippen molar-refractivity contribution in [3.8, 4) is 0 Å². The molecule has 3 nitrogen and oxygen atoms in total. The molecule has 1 aromatic rings. The molecule has 0 aliphatic heterocycles. The quantitative estimate of drug-likeness (QED) is 0.899. The molecule has 0 spiro atoms. The second kappa shape index (κ2) is 5.48. The van der Waals surface area contributed by atoms with E-state index in [4.69, 9.17) is 0 Å². The molecule has 98 valence electrons. The van der Waals surface area contributed by atoms with Gasteiger partial charge in [0.05, 0.1) is 0 Å². The van der Waals surface area contributed by atoms with E-state index in [1.807, 2.05) is 0 Å². The molecule has 1 saturated carbocycles. The highest BCUT2D eigenvalue weighted by Gasteiger charge is 2.47. The topological polar surface area (TPSA) is 46.5 Å². The summed E-state index contributed by atoms with van der Waals surface area (Å²) in [5, 5.41) is 10.7. The van der Waals surface area contributed by atoms with Crippen LogP contribution in [0.25, 0.3) is 0 Å². The van der Waals surface area contributed by atoms with Gasteiger partial charge in [0, 0.05) is 10.4 Å². The largest absolute Gasteiger partial charge is 0.384 e. The lowest BCUT2D eigenvalue weighted by atomic mass is 9.73. The van der Waals surface area contributed by atoms with Gasteiger partial charge < -0.3 is 5.11 Å². The first-order valence-corrected chi connectivity index (χ1v) is 6.30. The van der Waals surface area contributed by atoms with Gasteiger partial charge in [-0.3, -0.25) is 4.94 Å². The molecular formula is C14H17FO3. The SMILES string of the molecule is O=C(OF)C(O)(c1ccccc1)C1CCCCC1. The number of halogens is 1. The van der Waals surface area contributed by atoms with Crippen molar-refractivity contribution in [1.82, 2.24) is 0 Å². The number of carbonyl (C=O) groups excluding carboxylic acids is 1. The van der Waals surface area contributed by atoms with Gasteiger partial charge in [0.25, 0.3) is 0 Å². The van der Waals surface area contributed by atoms with Crippen molar-refractivity contribution >= 4 is 5.97 Å².